The van der Waals surface area contributed by atoms with E-state index in [4.69, 9.17) is 11.6 Å². The van der Waals surface area contributed by atoms with Crippen molar-refractivity contribution in [2.24, 2.45) is 0 Å². The maximum absolute atomic E-state index is 13.9. The Hall–Kier alpha value is -1.69. The summed E-state index contributed by atoms with van der Waals surface area (Å²) in [5.74, 6) is -2.48. The molecular weight excluding hydrogens is 290 g/mol. The monoisotopic (exact) mass is 302 g/mol. The second-order valence-corrected chi connectivity index (χ2v) is 4.89. The van der Waals surface area contributed by atoms with E-state index in [0.717, 1.165) is 11.0 Å². The predicted molar refractivity (Wildman–Crippen MR) is 70.6 cm³/mol. The Kier molecular flexibility index (Phi) is 4.23. The number of carbonyl (C=O) groups excluding carboxylic acids is 2. The first kappa shape index (κ1) is 14.7. The van der Waals surface area contributed by atoms with Crippen molar-refractivity contribution in [1.82, 2.24) is 5.32 Å². The van der Waals surface area contributed by atoms with Gasteiger partial charge in [-0.1, -0.05) is 18.5 Å². The van der Waals surface area contributed by atoms with E-state index >= 15 is 0 Å². The average Bonchev–Trinajstić information content (AvgIpc) is 2.50. The van der Waals surface area contributed by atoms with Crippen molar-refractivity contribution in [1.29, 1.82) is 0 Å². The molecule has 0 aliphatic carbocycles. The number of amides is 2. The van der Waals surface area contributed by atoms with E-state index in [0.29, 0.717) is 12.5 Å². The van der Waals surface area contributed by atoms with Crippen molar-refractivity contribution < 1.29 is 18.4 Å². The summed E-state index contributed by atoms with van der Waals surface area (Å²) in [6.07, 6.45) is 0.414. The van der Waals surface area contributed by atoms with Gasteiger partial charge < -0.3 is 10.2 Å². The molecule has 20 heavy (non-hydrogen) atoms. The fraction of sp³-hybridized carbons (Fsp3) is 0.385. The van der Waals surface area contributed by atoms with Crippen LogP contribution in [0, 0.1) is 11.6 Å². The molecule has 0 aromatic heterocycles. The van der Waals surface area contributed by atoms with Crippen molar-refractivity contribution in [2.75, 3.05) is 11.4 Å². The average molecular weight is 303 g/mol. The molecule has 2 amide bonds. The molecule has 1 heterocycles. The number of hydrogen-bond donors (Lipinski definition) is 1. The lowest BCUT2D eigenvalue weighted by molar-refractivity contribution is -0.125. The summed E-state index contributed by atoms with van der Waals surface area (Å²) in [5.41, 5.74) is -0.187. The Morgan fingerprint density at radius 2 is 2.10 bits per heavy atom. The van der Waals surface area contributed by atoms with Gasteiger partial charge in [-0.2, -0.15) is 0 Å². The van der Waals surface area contributed by atoms with Gasteiger partial charge in [-0.3, -0.25) is 9.59 Å². The lowest BCUT2D eigenvalue weighted by Gasteiger charge is -2.24. The maximum Gasteiger partial charge on any atom is 0.249 e. The van der Waals surface area contributed by atoms with Crippen LogP contribution in [0.4, 0.5) is 14.5 Å². The highest BCUT2D eigenvalue weighted by molar-refractivity contribution is 6.34. The molecule has 1 atom stereocenters. The predicted octanol–water partition coefficient (Wildman–Crippen LogP) is 2.25. The lowest BCUT2D eigenvalue weighted by Crippen LogP contribution is -2.44. The van der Waals surface area contributed by atoms with E-state index in [1.165, 1.54) is 0 Å². The highest BCUT2D eigenvalue weighted by Gasteiger charge is 2.32. The normalized spacial score (nSPS) is 19.8. The number of nitrogens with zero attached hydrogens (tertiary/aromatic N) is 1. The molecule has 1 N–H and O–H groups in total. The minimum atomic E-state index is -0.924. The van der Waals surface area contributed by atoms with Gasteiger partial charge in [0.15, 0.2) is 5.82 Å². The van der Waals surface area contributed by atoms with E-state index in [-0.39, 0.29) is 29.6 Å². The number of halogens is 3. The molecule has 1 aromatic rings. The zero-order valence-corrected chi connectivity index (χ0v) is 11.5. The molecule has 1 saturated heterocycles. The first-order chi connectivity index (χ1) is 9.43. The molecular formula is C13H13ClF2N2O2. The third-order valence-electron chi connectivity index (χ3n) is 3.12. The van der Waals surface area contributed by atoms with Gasteiger partial charge in [-0.15, -0.1) is 0 Å². The largest absolute Gasteiger partial charge is 0.344 e. The summed E-state index contributed by atoms with van der Waals surface area (Å²) in [6.45, 7) is 1.73. The molecule has 1 aliphatic heterocycles. The van der Waals surface area contributed by atoms with Gasteiger partial charge in [-0.25, -0.2) is 8.78 Å². The Labute approximate surface area is 119 Å². The SMILES string of the molecule is CCC1NC(=O)CCN(c2c(F)cc(F)cc2Cl)C1=O. The molecule has 0 saturated carbocycles. The number of nitrogens with one attached hydrogen (secondary N) is 1. The third-order valence-corrected chi connectivity index (χ3v) is 3.41. The van der Waals surface area contributed by atoms with Crippen LogP contribution in [0.3, 0.4) is 0 Å². The fourth-order valence-electron chi connectivity index (χ4n) is 2.13. The van der Waals surface area contributed by atoms with Gasteiger partial charge in [0.25, 0.3) is 0 Å². The Bertz CT molecular complexity index is 542. The van der Waals surface area contributed by atoms with Gasteiger partial charge in [0.05, 0.1) is 10.7 Å². The van der Waals surface area contributed by atoms with E-state index in [2.05, 4.69) is 5.32 Å². The maximum atomic E-state index is 13.9. The number of anilines is 1. The summed E-state index contributed by atoms with van der Waals surface area (Å²) >= 11 is 5.83. The second-order valence-electron chi connectivity index (χ2n) is 4.49. The van der Waals surface area contributed by atoms with E-state index in [9.17, 15) is 18.4 Å². The topological polar surface area (TPSA) is 49.4 Å². The van der Waals surface area contributed by atoms with Gasteiger partial charge in [0, 0.05) is 19.0 Å². The number of carbonyl (C=O) groups is 2. The van der Waals surface area contributed by atoms with Gasteiger partial charge >= 0.3 is 0 Å². The van der Waals surface area contributed by atoms with Crippen LogP contribution in [-0.2, 0) is 9.59 Å². The minimum Gasteiger partial charge on any atom is -0.344 e. The Morgan fingerprint density at radius 1 is 1.40 bits per heavy atom. The molecule has 2 rings (SSSR count). The highest BCUT2D eigenvalue weighted by atomic mass is 35.5. The number of rotatable bonds is 2. The van der Waals surface area contributed by atoms with Crippen molar-refractivity contribution in [3.05, 3.63) is 28.8 Å². The minimum absolute atomic E-state index is 0.00341. The molecule has 4 nitrogen and oxygen atoms in total. The molecule has 0 radical (unpaired) electrons. The Morgan fingerprint density at radius 3 is 2.70 bits per heavy atom. The standard InChI is InChI=1S/C13H13ClF2N2O2/c1-2-10-13(20)18(4-3-11(19)17-10)12-8(14)5-7(15)6-9(12)16/h5-6,10H,2-4H2,1H3,(H,17,19). The molecule has 1 aromatic carbocycles. The number of hydrogen-bond acceptors (Lipinski definition) is 2. The molecule has 1 aliphatic rings. The molecule has 0 bridgehead atoms. The van der Waals surface area contributed by atoms with Crippen molar-refractivity contribution >= 4 is 29.1 Å². The van der Waals surface area contributed by atoms with Crippen LogP contribution >= 0.6 is 11.6 Å². The molecule has 1 unspecified atom stereocenters. The summed E-state index contributed by atoms with van der Waals surface area (Å²) in [6, 6.07) is 0.870. The van der Waals surface area contributed by atoms with Crippen molar-refractivity contribution in [3.63, 3.8) is 0 Å². The van der Waals surface area contributed by atoms with Crippen LogP contribution in [0.15, 0.2) is 12.1 Å². The van der Waals surface area contributed by atoms with Gasteiger partial charge in [0.1, 0.15) is 11.9 Å². The first-order valence-corrected chi connectivity index (χ1v) is 6.57. The van der Waals surface area contributed by atoms with Crippen molar-refractivity contribution in [3.8, 4) is 0 Å². The van der Waals surface area contributed by atoms with Crippen LogP contribution < -0.4 is 10.2 Å². The van der Waals surface area contributed by atoms with Gasteiger partial charge in [0.2, 0.25) is 11.8 Å². The third kappa shape index (κ3) is 2.75. The molecule has 1 fully saturated rings. The van der Waals surface area contributed by atoms with E-state index in [1.54, 1.807) is 6.92 Å². The zero-order valence-electron chi connectivity index (χ0n) is 10.8. The second kappa shape index (κ2) is 5.75. The van der Waals surface area contributed by atoms with E-state index in [1.807, 2.05) is 0 Å². The first-order valence-electron chi connectivity index (χ1n) is 6.19. The molecule has 7 heteroatoms. The number of benzene rings is 1. The van der Waals surface area contributed by atoms with Crippen LogP contribution in [0.5, 0.6) is 0 Å². The Balaban J connectivity index is 2.45. The summed E-state index contributed by atoms with van der Waals surface area (Å²) in [5, 5.41) is 2.36. The summed E-state index contributed by atoms with van der Waals surface area (Å²) in [7, 11) is 0. The highest BCUT2D eigenvalue weighted by Crippen LogP contribution is 2.31. The van der Waals surface area contributed by atoms with Crippen LogP contribution in [0.2, 0.25) is 5.02 Å². The smallest absolute Gasteiger partial charge is 0.249 e. The lowest BCUT2D eigenvalue weighted by atomic mass is 10.2. The molecule has 108 valence electrons. The zero-order chi connectivity index (χ0) is 14.9. The van der Waals surface area contributed by atoms with Crippen LogP contribution in [0.25, 0.3) is 0 Å². The summed E-state index contributed by atoms with van der Waals surface area (Å²) in [4.78, 5) is 24.9. The van der Waals surface area contributed by atoms with E-state index < -0.39 is 23.6 Å². The summed E-state index contributed by atoms with van der Waals surface area (Å²) < 4.78 is 27.0. The fourth-order valence-corrected chi connectivity index (χ4v) is 2.43. The quantitative estimate of drug-likeness (QED) is 0.911. The van der Waals surface area contributed by atoms with Gasteiger partial charge in [-0.05, 0) is 12.5 Å². The molecule has 0 spiro atoms. The van der Waals surface area contributed by atoms with Crippen LogP contribution in [-0.4, -0.2) is 24.4 Å². The van der Waals surface area contributed by atoms with Crippen molar-refractivity contribution in [2.45, 2.75) is 25.8 Å². The van der Waals surface area contributed by atoms with Crippen LogP contribution in [0.1, 0.15) is 19.8 Å².